The van der Waals surface area contributed by atoms with Crippen LogP contribution < -0.4 is 15.8 Å². The van der Waals surface area contributed by atoms with Crippen LogP contribution in [-0.2, 0) is 0 Å². The van der Waals surface area contributed by atoms with Gasteiger partial charge in [0.2, 0.25) is 0 Å². The van der Waals surface area contributed by atoms with Crippen LogP contribution in [0.15, 0.2) is 18.2 Å². The molecule has 1 rings (SSSR count). The van der Waals surface area contributed by atoms with E-state index in [0.29, 0.717) is 19.5 Å². The van der Waals surface area contributed by atoms with Crippen LogP contribution in [0.4, 0.5) is 4.39 Å². The van der Waals surface area contributed by atoms with Crippen LogP contribution in [-0.4, -0.2) is 20.2 Å². The number of nitrogens with two attached hydrogens (primary N) is 1. The third-order valence-electron chi connectivity index (χ3n) is 2.47. The molecule has 1 atom stereocenters. The lowest BCUT2D eigenvalue weighted by Gasteiger charge is -2.17. The number of rotatable bonds is 6. The van der Waals surface area contributed by atoms with Gasteiger partial charge in [-0.2, -0.15) is 0 Å². The molecule has 0 heterocycles. The van der Waals surface area contributed by atoms with Crippen LogP contribution in [0.25, 0.3) is 0 Å². The van der Waals surface area contributed by atoms with Gasteiger partial charge in [0.15, 0.2) is 11.6 Å². The van der Waals surface area contributed by atoms with E-state index >= 15 is 0 Å². The molecule has 1 aromatic carbocycles. The minimum atomic E-state index is -0.387. The van der Waals surface area contributed by atoms with Gasteiger partial charge in [-0.1, -0.05) is 6.07 Å². The summed E-state index contributed by atoms with van der Waals surface area (Å²) in [7, 11) is 1.43. The second-order valence-electron chi connectivity index (χ2n) is 3.59. The van der Waals surface area contributed by atoms with Crippen LogP contribution >= 0.6 is 0 Å². The van der Waals surface area contributed by atoms with Crippen LogP contribution in [0.5, 0.6) is 5.75 Å². The molecule has 0 aliphatic rings. The second kappa shape index (κ2) is 6.89. The Balaban J connectivity index is 2.75. The van der Waals surface area contributed by atoms with E-state index in [9.17, 15) is 4.39 Å². The Morgan fingerprint density at radius 1 is 1.59 bits per heavy atom. The molecule has 4 heteroatoms. The first-order valence-electron chi connectivity index (χ1n) is 5.43. The van der Waals surface area contributed by atoms with Crippen molar-refractivity contribution in [1.82, 2.24) is 5.32 Å². The summed E-state index contributed by atoms with van der Waals surface area (Å²) in [5, 5.41) is 3.18. The maximum Gasteiger partial charge on any atom is 0.165 e. The molecule has 0 aromatic heterocycles. The van der Waals surface area contributed by atoms with E-state index < -0.39 is 0 Å². The standard InChI is InChI=1S/C13H17FN2O/c1-3-4-7-16-12(9-15)10-5-6-13(17-2)11(14)8-10/h1,5-6,8,12,16H,4,7,9,15H2,2H3. The van der Waals surface area contributed by atoms with Crippen LogP contribution in [0.2, 0.25) is 0 Å². The third kappa shape index (κ3) is 3.74. The summed E-state index contributed by atoms with van der Waals surface area (Å²) in [5.41, 5.74) is 6.43. The van der Waals surface area contributed by atoms with Gasteiger partial charge < -0.3 is 15.8 Å². The number of hydrogen-bond donors (Lipinski definition) is 2. The number of terminal acetylenes is 1. The second-order valence-corrected chi connectivity index (χ2v) is 3.59. The monoisotopic (exact) mass is 236 g/mol. The zero-order valence-corrected chi connectivity index (χ0v) is 9.87. The lowest BCUT2D eigenvalue weighted by molar-refractivity contribution is 0.385. The Morgan fingerprint density at radius 2 is 2.35 bits per heavy atom. The fourth-order valence-corrected chi connectivity index (χ4v) is 1.56. The summed E-state index contributed by atoms with van der Waals surface area (Å²) < 4.78 is 18.4. The minimum absolute atomic E-state index is 0.0937. The quantitative estimate of drug-likeness (QED) is 0.580. The minimum Gasteiger partial charge on any atom is -0.494 e. The summed E-state index contributed by atoms with van der Waals surface area (Å²) in [5.74, 6) is 2.37. The van der Waals surface area contributed by atoms with Crippen molar-refractivity contribution in [3.63, 3.8) is 0 Å². The van der Waals surface area contributed by atoms with Crippen molar-refractivity contribution >= 4 is 0 Å². The van der Waals surface area contributed by atoms with Gasteiger partial charge in [0.25, 0.3) is 0 Å². The molecule has 0 fully saturated rings. The average molecular weight is 236 g/mol. The molecule has 1 aromatic rings. The molecule has 0 amide bonds. The van der Waals surface area contributed by atoms with E-state index in [-0.39, 0.29) is 17.6 Å². The van der Waals surface area contributed by atoms with Crippen molar-refractivity contribution in [2.75, 3.05) is 20.2 Å². The van der Waals surface area contributed by atoms with E-state index in [0.717, 1.165) is 5.56 Å². The molecular weight excluding hydrogens is 219 g/mol. The van der Waals surface area contributed by atoms with Gasteiger partial charge >= 0.3 is 0 Å². The SMILES string of the molecule is C#CCCNC(CN)c1ccc(OC)c(F)c1. The average Bonchev–Trinajstić information content (AvgIpc) is 2.35. The molecule has 0 bridgehead atoms. The molecule has 0 aliphatic carbocycles. The molecule has 1 unspecified atom stereocenters. The lowest BCUT2D eigenvalue weighted by atomic mass is 10.1. The highest BCUT2D eigenvalue weighted by molar-refractivity contribution is 5.31. The van der Waals surface area contributed by atoms with Crippen molar-refractivity contribution < 1.29 is 9.13 Å². The zero-order chi connectivity index (χ0) is 12.7. The summed E-state index contributed by atoms with van der Waals surface area (Å²) >= 11 is 0. The van der Waals surface area contributed by atoms with Crippen LogP contribution in [0.1, 0.15) is 18.0 Å². The van der Waals surface area contributed by atoms with Gasteiger partial charge in [0.1, 0.15) is 0 Å². The summed E-state index contributed by atoms with van der Waals surface area (Å²) in [6.45, 7) is 1.04. The topological polar surface area (TPSA) is 47.3 Å². The highest BCUT2D eigenvalue weighted by atomic mass is 19.1. The molecular formula is C13H17FN2O. The van der Waals surface area contributed by atoms with Gasteiger partial charge in [0.05, 0.1) is 7.11 Å². The molecule has 0 saturated heterocycles. The number of benzene rings is 1. The highest BCUT2D eigenvalue weighted by Crippen LogP contribution is 2.21. The van der Waals surface area contributed by atoms with Crippen molar-refractivity contribution in [2.24, 2.45) is 5.73 Å². The smallest absolute Gasteiger partial charge is 0.165 e. The first kappa shape index (κ1) is 13.5. The van der Waals surface area contributed by atoms with E-state index in [1.807, 2.05) is 0 Å². The molecule has 0 spiro atoms. The predicted octanol–water partition coefficient (Wildman–Crippen LogP) is 1.45. The first-order valence-corrected chi connectivity index (χ1v) is 5.43. The zero-order valence-electron chi connectivity index (χ0n) is 9.87. The van der Waals surface area contributed by atoms with Crippen molar-refractivity contribution in [3.8, 4) is 18.1 Å². The number of nitrogens with one attached hydrogen (secondary N) is 1. The molecule has 0 radical (unpaired) electrons. The molecule has 0 aliphatic heterocycles. The Morgan fingerprint density at radius 3 is 2.88 bits per heavy atom. The van der Waals surface area contributed by atoms with Crippen LogP contribution in [0.3, 0.4) is 0 Å². The molecule has 92 valence electrons. The Hall–Kier alpha value is -1.57. The molecule has 17 heavy (non-hydrogen) atoms. The fourth-order valence-electron chi connectivity index (χ4n) is 1.56. The highest BCUT2D eigenvalue weighted by Gasteiger charge is 2.11. The number of halogens is 1. The summed E-state index contributed by atoms with van der Waals surface area (Å²) in [4.78, 5) is 0. The Labute approximate surface area is 101 Å². The van der Waals surface area contributed by atoms with Gasteiger partial charge in [-0.05, 0) is 17.7 Å². The van der Waals surface area contributed by atoms with Gasteiger partial charge in [0, 0.05) is 25.6 Å². The summed E-state index contributed by atoms with van der Waals surface area (Å²) in [6, 6.07) is 4.72. The molecule has 3 N–H and O–H groups in total. The lowest BCUT2D eigenvalue weighted by Crippen LogP contribution is -2.29. The number of hydrogen-bond acceptors (Lipinski definition) is 3. The van der Waals surface area contributed by atoms with Crippen molar-refractivity contribution in [3.05, 3.63) is 29.6 Å². The third-order valence-corrected chi connectivity index (χ3v) is 2.47. The summed E-state index contributed by atoms with van der Waals surface area (Å²) in [6.07, 6.45) is 5.78. The first-order chi connectivity index (χ1) is 8.22. The van der Waals surface area contributed by atoms with Gasteiger partial charge in [-0.25, -0.2) is 4.39 Å². The molecule has 0 saturated carbocycles. The van der Waals surface area contributed by atoms with Crippen LogP contribution in [0, 0.1) is 18.2 Å². The maximum atomic E-state index is 13.5. The van der Waals surface area contributed by atoms with E-state index in [1.165, 1.54) is 13.2 Å². The Kier molecular flexibility index (Phi) is 5.47. The van der Waals surface area contributed by atoms with E-state index in [1.54, 1.807) is 12.1 Å². The normalized spacial score (nSPS) is 11.9. The van der Waals surface area contributed by atoms with E-state index in [2.05, 4.69) is 11.2 Å². The Bertz CT molecular complexity index is 401. The van der Waals surface area contributed by atoms with Crippen molar-refractivity contribution in [2.45, 2.75) is 12.5 Å². The largest absolute Gasteiger partial charge is 0.494 e. The number of methoxy groups -OCH3 is 1. The predicted molar refractivity (Wildman–Crippen MR) is 66.2 cm³/mol. The molecule has 3 nitrogen and oxygen atoms in total. The fraction of sp³-hybridized carbons (Fsp3) is 0.385. The van der Waals surface area contributed by atoms with Gasteiger partial charge in [-0.15, -0.1) is 12.3 Å². The van der Waals surface area contributed by atoms with E-state index in [4.69, 9.17) is 16.9 Å². The number of ether oxygens (including phenoxy) is 1. The van der Waals surface area contributed by atoms with Gasteiger partial charge in [-0.3, -0.25) is 0 Å². The maximum absolute atomic E-state index is 13.5. The van der Waals surface area contributed by atoms with Crippen molar-refractivity contribution in [1.29, 1.82) is 0 Å².